The SMILES string of the molecule is CCOc1ccc(C(=O)N2CCCC[C@H](c3ccc(F)cc3)C2)cn1. The number of amides is 1. The number of carbonyl (C=O) groups excluding carboxylic acids is 1. The number of nitrogens with zero attached hydrogens (tertiary/aromatic N) is 2. The fourth-order valence-corrected chi connectivity index (χ4v) is 3.26. The van der Waals surface area contributed by atoms with Gasteiger partial charge in [0.1, 0.15) is 5.82 Å². The van der Waals surface area contributed by atoms with E-state index in [0.717, 1.165) is 31.4 Å². The van der Waals surface area contributed by atoms with Crippen molar-refractivity contribution in [2.24, 2.45) is 0 Å². The number of hydrogen-bond acceptors (Lipinski definition) is 3. The molecule has 1 amide bonds. The lowest BCUT2D eigenvalue weighted by Crippen LogP contribution is -2.34. The maximum atomic E-state index is 13.2. The molecule has 1 saturated heterocycles. The number of pyridine rings is 1. The molecule has 5 heteroatoms. The van der Waals surface area contributed by atoms with Crippen molar-refractivity contribution in [3.63, 3.8) is 0 Å². The first-order chi connectivity index (χ1) is 12.2. The number of hydrogen-bond donors (Lipinski definition) is 0. The van der Waals surface area contributed by atoms with Gasteiger partial charge in [0.2, 0.25) is 5.88 Å². The van der Waals surface area contributed by atoms with E-state index in [1.54, 1.807) is 18.3 Å². The average Bonchev–Trinajstić information content (AvgIpc) is 2.89. The molecule has 1 aromatic heterocycles. The molecule has 0 aliphatic carbocycles. The van der Waals surface area contributed by atoms with Gasteiger partial charge in [0.25, 0.3) is 5.91 Å². The van der Waals surface area contributed by atoms with Crippen LogP contribution in [0.5, 0.6) is 5.88 Å². The molecule has 2 aromatic rings. The highest BCUT2D eigenvalue weighted by Crippen LogP contribution is 2.27. The van der Waals surface area contributed by atoms with Crippen molar-refractivity contribution in [3.8, 4) is 5.88 Å². The predicted octanol–water partition coefficient (Wildman–Crippen LogP) is 4.03. The van der Waals surface area contributed by atoms with Crippen molar-refractivity contribution in [3.05, 3.63) is 59.5 Å². The summed E-state index contributed by atoms with van der Waals surface area (Å²) in [6.07, 6.45) is 4.63. The summed E-state index contributed by atoms with van der Waals surface area (Å²) in [5.41, 5.74) is 1.66. The summed E-state index contributed by atoms with van der Waals surface area (Å²) in [7, 11) is 0. The Morgan fingerprint density at radius 1 is 1.24 bits per heavy atom. The van der Waals surface area contributed by atoms with Gasteiger partial charge in [-0.3, -0.25) is 4.79 Å². The molecule has 3 rings (SSSR count). The number of aromatic nitrogens is 1. The summed E-state index contributed by atoms with van der Waals surface area (Å²) in [4.78, 5) is 18.9. The minimum Gasteiger partial charge on any atom is -0.478 e. The Bertz CT molecular complexity index is 701. The van der Waals surface area contributed by atoms with Crippen molar-refractivity contribution >= 4 is 5.91 Å². The lowest BCUT2D eigenvalue weighted by molar-refractivity contribution is 0.0754. The van der Waals surface area contributed by atoms with Crippen molar-refractivity contribution < 1.29 is 13.9 Å². The Kier molecular flexibility index (Phi) is 5.64. The molecule has 0 radical (unpaired) electrons. The van der Waals surface area contributed by atoms with Crippen LogP contribution in [0.3, 0.4) is 0 Å². The summed E-state index contributed by atoms with van der Waals surface area (Å²) in [6, 6.07) is 10.1. The summed E-state index contributed by atoms with van der Waals surface area (Å²) in [5.74, 6) is 0.525. The van der Waals surface area contributed by atoms with Crippen LogP contribution in [-0.2, 0) is 0 Å². The minimum absolute atomic E-state index is 0.00967. The summed E-state index contributed by atoms with van der Waals surface area (Å²) in [5, 5.41) is 0. The molecule has 2 heterocycles. The first-order valence-corrected chi connectivity index (χ1v) is 8.81. The molecule has 4 nitrogen and oxygen atoms in total. The van der Waals surface area contributed by atoms with E-state index in [-0.39, 0.29) is 17.6 Å². The van der Waals surface area contributed by atoms with Gasteiger partial charge in [-0.2, -0.15) is 0 Å². The summed E-state index contributed by atoms with van der Waals surface area (Å²) < 4.78 is 18.5. The molecule has 0 bridgehead atoms. The zero-order valence-electron chi connectivity index (χ0n) is 14.5. The number of halogens is 1. The Morgan fingerprint density at radius 3 is 2.72 bits per heavy atom. The van der Waals surface area contributed by atoms with Gasteiger partial charge in [-0.05, 0) is 43.5 Å². The molecule has 0 N–H and O–H groups in total. The molecule has 1 fully saturated rings. The quantitative estimate of drug-likeness (QED) is 0.842. The van der Waals surface area contributed by atoms with Crippen LogP contribution >= 0.6 is 0 Å². The zero-order valence-corrected chi connectivity index (χ0v) is 14.5. The van der Waals surface area contributed by atoms with E-state index in [1.807, 2.05) is 24.0 Å². The molecule has 1 aromatic carbocycles. The van der Waals surface area contributed by atoms with E-state index in [2.05, 4.69) is 4.98 Å². The largest absolute Gasteiger partial charge is 0.478 e. The van der Waals surface area contributed by atoms with Gasteiger partial charge in [-0.1, -0.05) is 18.6 Å². The third-order valence-electron chi connectivity index (χ3n) is 4.58. The fraction of sp³-hybridized carbons (Fsp3) is 0.400. The van der Waals surface area contributed by atoms with Gasteiger partial charge in [-0.25, -0.2) is 9.37 Å². The second-order valence-corrected chi connectivity index (χ2v) is 6.31. The maximum absolute atomic E-state index is 13.2. The number of benzene rings is 1. The van der Waals surface area contributed by atoms with E-state index in [1.165, 1.54) is 12.1 Å². The third-order valence-corrected chi connectivity index (χ3v) is 4.58. The number of rotatable bonds is 4. The van der Waals surface area contributed by atoms with E-state index in [9.17, 15) is 9.18 Å². The topological polar surface area (TPSA) is 42.4 Å². The van der Waals surface area contributed by atoms with Crippen LogP contribution in [0.15, 0.2) is 42.6 Å². The summed E-state index contributed by atoms with van der Waals surface area (Å²) in [6.45, 7) is 3.83. The van der Waals surface area contributed by atoms with Crippen LogP contribution in [0.2, 0.25) is 0 Å². The summed E-state index contributed by atoms with van der Waals surface area (Å²) >= 11 is 0. The van der Waals surface area contributed by atoms with Crippen molar-refractivity contribution in [2.45, 2.75) is 32.1 Å². The minimum atomic E-state index is -0.231. The van der Waals surface area contributed by atoms with E-state index in [0.29, 0.717) is 24.6 Å². The molecule has 25 heavy (non-hydrogen) atoms. The molecule has 0 spiro atoms. The Hall–Kier alpha value is -2.43. The first-order valence-electron chi connectivity index (χ1n) is 8.81. The van der Waals surface area contributed by atoms with Crippen LogP contribution in [0.1, 0.15) is 48.0 Å². The first kappa shape index (κ1) is 17.4. The van der Waals surface area contributed by atoms with E-state index < -0.39 is 0 Å². The van der Waals surface area contributed by atoms with Gasteiger partial charge in [0.05, 0.1) is 12.2 Å². The number of carbonyl (C=O) groups is 1. The van der Waals surface area contributed by atoms with Gasteiger partial charge < -0.3 is 9.64 Å². The van der Waals surface area contributed by atoms with E-state index >= 15 is 0 Å². The van der Waals surface area contributed by atoms with Crippen molar-refractivity contribution in [1.82, 2.24) is 9.88 Å². The Labute approximate surface area is 147 Å². The molecular formula is C20H23FN2O2. The van der Waals surface area contributed by atoms with Gasteiger partial charge >= 0.3 is 0 Å². The third kappa shape index (κ3) is 4.35. The highest BCUT2D eigenvalue weighted by Gasteiger charge is 2.24. The fourth-order valence-electron chi connectivity index (χ4n) is 3.26. The smallest absolute Gasteiger partial charge is 0.255 e. The second-order valence-electron chi connectivity index (χ2n) is 6.31. The van der Waals surface area contributed by atoms with Gasteiger partial charge in [-0.15, -0.1) is 0 Å². The normalized spacial score (nSPS) is 17.8. The molecule has 132 valence electrons. The molecule has 1 aliphatic rings. The zero-order chi connectivity index (χ0) is 17.6. The standard InChI is InChI=1S/C20H23FN2O2/c1-2-25-19-11-8-16(13-22-19)20(24)23-12-4-3-5-17(14-23)15-6-9-18(21)10-7-15/h6-11,13,17H,2-5,12,14H2,1H3/t17-/m0/s1. The second kappa shape index (κ2) is 8.10. The van der Waals surface area contributed by atoms with Gasteiger partial charge in [0, 0.05) is 31.3 Å². The molecule has 0 unspecified atom stereocenters. The van der Waals surface area contributed by atoms with E-state index in [4.69, 9.17) is 4.74 Å². The van der Waals surface area contributed by atoms with Gasteiger partial charge in [0.15, 0.2) is 0 Å². The lowest BCUT2D eigenvalue weighted by atomic mass is 9.94. The van der Waals surface area contributed by atoms with Crippen LogP contribution < -0.4 is 4.74 Å². The molecule has 1 aliphatic heterocycles. The molecule has 1 atom stereocenters. The van der Waals surface area contributed by atoms with Crippen LogP contribution in [0.4, 0.5) is 4.39 Å². The number of likely N-dealkylation sites (tertiary alicyclic amines) is 1. The molecular weight excluding hydrogens is 319 g/mol. The highest BCUT2D eigenvalue weighted by molar-refractivity contribution is 5.94. The van der Waals surface area contributed by atoms with Crippen molar-refractivity contribution in [1.29, 1.82) is 0 Å². The predicted molar refractivity (Wildman–Crippen MR) is 94.3 cm³/mol. The highest BCUT2D eigenvalue weighted by atomic mass is 19.1. The van der Waals surface area contributed by atoms with Crippen molar-refractivity contribution in [2.75, 3.05) is 19.7 Å². The lowest BCUT2D eigenvalue weighted by Gasteiger charge is -2.25. The van der Waals surface area contributed by atoms with Crippen LogP contribution in [0, 0.1) is 5.82 Å². The molecule has 0 saturated carbocycles. The average molecular weight is 342 g/mol. The maximum Gasteiger partial charge on any atom is 0.255 e. The number of ether oxygens (including phenoxy) is 1. The Morgan fingerprint density at radius 2 is 2.04 bits per heavy atom. The van der Waals surface area contributed by atoms with Crippen LogP contribution in [-0.4, -0.2) is 35.5 Å². The monoisotopic (exact) mass is 342 g/mol. The Balaban J connectivity index is 1.73. The van der Waals surface area contributed by atoms with Crippen LogP contribution in [0.25, 0.3) is 0 Å².